The van der Waals surface area contributed by atoms with Crippen LogP contribution in [0.3, 0.4) is 0 Å². The lowest BCUT2D eigenvalue weighted by molar-refractivity contribution is -0.136. The number of aliphatic carboxylic acids is 1. The molecule has 1 atom stereocenters. The summed E-state index contributed by atoms with van der Waals surface area (Å²) in [6.07, 6.45) is -0.639. The highest BCUT2D eigenvalue weighted by atomic mass is 16.5. The summed E-state index contributed by atoms with van der Waals surface area (Å²) >= 11 is 0. The first-order valence-corrected chi connectivity index (χ1v) is 3.26. The number of carbonyl (C=O) groups is 1. The molecular weight excluding hydrogens is 150 g/mol. The first-order chi connectivity index (χ1) is 5.16. The van der Waals surface area contributed by atoms with Gasteiger partial charge in [-0.05, 0) is 0 Å². The molecule has 0 bridgehead atoms. The Morgan fingerprint density at radius 2 is 2.36 bits per heavy atom. The molecule has 0 spiro atoms. The van der Waals surface area contributed by atoms with Crippen LogP contribution in [0.2, 0.25) is 0 Å². The Balaban J connectivity index is 3.16. The molecule has 0 aromatic carbocycles. The SMILES string of the molecule is COC[C@@H](O)CNCC(=O)O. The van der Waals surface area contributed by atoms with E-state index in [1.54, 1.807) is 0 Å². The molecule has 5 heteroatoms. The zero-order valence-corrected chi connectivity index (χ0v) is 6.41. The number of aliphatic hydroxyl groups is 1. The van der Waals surface area contributed by atoms with E-state index in [9.17, 15) is 4.79 Å². The highest BCUT2D eigenvalue weighted by molar-refractivity contribution is 5.68. The molecule has 0 radical (unpaired) electrons. The maximum atomic E-state index is 9.96. The van der Waals surface area contributed by atoms with E-state index in [1.807, 2.05) is 0 Å². The van der Waals surface area contributed by atoms with E-state index in [0.717, 1.165) is 0 Å². The van der Waals surface area contributed by atoms with Crippen LogP contribution < -0.4 is 5.32 Å². The highest BCUT2D eigenvalue weighted by Gasteiger charge is 2.02. The van der Waals surface area contributed by atoms with E-state index in [1.165, 1.54) is 7.11 Å². The number of hydrogen-bond donors (Lipinski definition) is 3. The monoisotopic (exact) mass is 163 g/mol. The minimum atomic E-state index is -0.936. The third kappa shape index (κ3) is 7.24. The lowest BCUT2D eigenvalue weighted by atomic mass is 10.4. The lowest BCUT2D eigenvalue weighted by Crippen LogP contribution is -2.33. The molecule has 3 N–H and O–H groups in total. The van der Waals surface area contributed by atoms with Gasteiger partial charge in [0.2, 0.25) is 0 Å². The van der Waals surface area contributed by atoms with Gasteiger partial charge in [0.15, 0.2) is 0 Å². The average molecular weight is 163 g/mol. The van der Waals surface area contributed by atoms with Gasteiger partial charge < -0.3 is 20.3 Å². The van der Waals surface area contributed by atoms with Gasteiger partial charge >= 0.3 is 5.97 Å². The topological polar surface area (TPSA) is 78.8 Å². The molecule has 0 rings (SSSR count). The van der Waals surface area contributed by atoms with Crippen LogP contribution in [0.4, 0.5) is 0 Å². The minimum absolute atomic E-state index is 0.138. The van der Waals surface area contributed by atoms with Crippen LogP contribution in [-0.4, -0.2) is 49.1 Å². The average Bonchev–Trinajstić information content (AvgIpc) is 1.87. The number of ether oxygens (including phenoxy) is 1. The van der Waals surface area contributed by atoms with Gasteiger partial charge in [-0.2, -0.15) is 0 Å². The Hall–Kier alpha value is -0.650. The second kappa shape index (κ2) is 6.09. The number of carboxylic acids is 1. The number of hydrogen-bond acceptors (Lipinski definition) is 4. The molecule has 0 aliphatic heterocycles. The van der Waals surface area contributed by atoms with Crippen LogP contribution in [0, 0.1) is 0 Å². The van der Waals surface area contributed by atoms with Gasteiger partial charge in [0, 0.05) is 13.7 Å². The van der Waals surface area contributed by atoms with Gasteiger partial charge in [0.1, 0.15) is 0 Å². The molecule has 0 heterocycles. The predicted octanol–water partition coefficient (Wildman–Crippen LogP) is -1.33. The predicted molar refractivity (Wildman–Crippen MR) is 38.4 cm³/mol. The number of rotatable bonds is 6. The van der Waals surface area contributed by atoms with Crippen LogP contribution in [0.25, 0.3) is 0 Å². The lowest BCUT2D eigenvalue weighted by Gasteiger charge is -2.08. The summed E-state index contributed by atoms with van der Waals surface area (Å²) in [7, 11) is 1.47. The molecule has 0 saturated carbocycles. The third-order valence-corrected chi connectivity index (χ3v) is 1.02. The van der Waals surface area contributed by atoms with E-state index in [2.05, 4.69) is 10.1 Å². The summed E-state index contributed by atoms with van der Waals surface area (Å²) in [6, 6.07) is 0. The Morgan fingerprint density at radius 1 is 1.73 bits per heavy atom. The van der Waals surface area contributed by atoms with Crippen molar-refractivity contribution >= 4 is 5.97 Å². The summed E-state index contributed by atoms with van der Waals surface area (Å²) < 4.78 is 4.62. The first-order valence-electron chi connectivity index (χ1n) is 3.26. The van der Waals surface area contributed by atoms with Crippen molar-refractivity contribution in [2.75, 3.05) is 26.8 Å². The summed E-state index contributed by atoms with van der Waals surface area (Å²) in [5, 5.41) is 19.7. The molecule has 0 fully saturated rings. The van der Waals surface area contributed by atoms with Gasteiger partial charge in [-0.3, -0.25) is 4.79 Å². The van der Waals surface area contributed by atoms with Crippen LogP contribution in [-0.2, 0) is 9.53 Å². The van der Waals surface area contributed by atoms with E-state index < -0.39 is 12.1 Å². The molecule has 0 amide bonds. The Bertz CT molecular complexity index is 117. The largest absolute Gasteiger partial charge is 0.480 e. The minimum Gasteiger partial charge on any atom is -0.480 e. The van der Waals surface area contributed by atoms with Crippen LogP contribution in [0.15, 0.2) is 0 Å². The maximum Gasteiger partial charge on any atom is 0.317 e. The summed E-state index contributed by atoms with van der Waals surface area (Å²) in [4.78, 5) is 9.96. The van der Waals surface area contributed by atoms with Gasteiger partial charge in [0.05, 0.1) is 19.3 Å². The standard InChI is InChI=1S/C6H13NO4/c1-11-4-5(8)2-7-3-6(9)10/h5,7-8H,2-4H2,1H3,(H,9,10)/t5-/m0/s1. The van der Waals surface area contributed by atoms with Crippen molar-refractivity contribution in [2.24, 2.45) is 0 Å². The normalized spacial score (nSPS) is 12.9. The zero-order valence-electron chi connectivity index (χ0n) is 6.41. The van der Waals surface area contributed by atoms with Crippen molar-refractivity contribution < 1.29 is 19.7 Å². The van der Waals surface area contributed by atoms with Crippen molar-refractivity contribution in [1.29, 1.82) is 0 Å². The van der Waals surface area contributed by atoms with E-state index in [4.69, 9.17) is 10.2 Å². The fourth-order valence-electron chi connectivity index (χ4n) is 0.597. The van der Waals surface area contributed by atoms with Crippen molar-refractivity contribution in [3.05, 3.63) is 0 Å². The fraction of sp³-hybridized carbons (Fsp3) is 0.833. The molecule has 0 aromatic heterocycles. The summed E-state index contributed by atoms with van der Waals surface area (Å²) in [5.41, 5.74) is 0. The van der Waals surface area contributed by atoms with Crippen LogP contribution in [0.5, 0.6) is 0 Å². The number of aliphatic hydroxyl groups excluding tert-OH is 1. The van der Waals surface area contributed by atoms with Gasteiger partial charge in [-0.15, -0.1) is 0 Å². The maximum absolute atomic E-state index is 9.96. The Labute approximate surface area is 65.0 Å². The Kier molecular flexibility index (Phi) is 5.73. The molecule has 11 heavy (non-hydrogen) atoms. The third-order valence-electron chi connectivity index (χ3n) is 1.02. The van der Waals surface area contributed by atoms with Gasteiger partial charge in [-0.25, -0.2) is 0 Å². The van der Waals surface area contributed by atoms with Crippen molar-refractivity contribution in [3.8, 4) is 0 Å². The number of nitrogens with one attached hydrogen (secondary N) is 1. The van der Waals surface area contributed by atoms with Crippen molar-refractivity contribution in [2.45, 2.75) is 6.10 Å². The second-order valence-corrected chi connectivity index (χ2v) is 2.13. The van der Waals surface area contributed by atoms with E-state index in [0.29, 0.717) is 0 Å². The van der Waals surface area contributed by atoms with Gasteiger partial charge in [0.25, 0.3) is 0 Å². The first kappa shape index (κ1) is 10.3. The Morgan fingerprint density at radius 3 is 2.82 bits per heavy atom. The molecule has 0 aliphatic rings. The number of methoxy groups -OCH3 is 1. The zero-order chi connectivity index (χ0) is 8.69. The molecular formula is C6H13NO4. The molecule has 0 saturated heterocycles. The summed E-state index contributed by atoms with van der Waals surface area (Å²) in [6.45, 7) is 0.313. The summed E-state index contributed by atoms with van der Waals surface area (Å²) in [5.74, 6) is -0.936. The van der Waals surface area contributed by atoms with E-state index in [-0.39, 0.29) is 19.7 Å². The molecule has 0 aromatic rings. The van der Waals surface area contributed by atoms with Gasteiger partial charge in [-0.1, -0.05) is 0 Å². The van der Waals surface area contributed by atoms with Crippen molar-refractivity contribution in [3.63, 3.8) is 0 Å². The highest BCUT2D eigenvalue weighted by Crippen LogP contribution is 1.79. The van der Waals surface area contributed by atoms with Crippen molar-refractivity contribution in [1.82, 2.24) is 5.32 Å². The van der Waals surface area contributed by atoms with E-state index >= 15 is 0 Å². The fourth-order valence-corrected chi connectivity index (χ4v) is 0.597. The smallest absolute Gasteiger partial charge is 0.317 e. The molecule has 0 unspecified atom stereocenters. The quantitative estimate of drug-likeness (QED) is 0.452. The molecule has 66 valence electrons. The molecule has 5 nitrogen and oxygen atoms in total. The second-order valence-electron chi connectivity index (χ2n) is 2.13. The van der Waals surface area contributed by atoms with Crippen LogP contribution in [0.1, 0.15) is 0 Å². The van der Waals surface area contributed by atoms with Crippen LogP contribution >= 0.6 is 0 Å². The molecule has 0 aliphatic carbocycles. The number of carboxylic acid groups (broad SMARTS) is 1.